The first-order valence-corrected chi connectivity index (χ1v) is 8.31. The van der Waals surface area contributed by atoms with Gasteiger partial charge in [0.05, 0.1) is 18.4 Å². The van der Waals surface area contributed by atoms with E-state index in [0.717, 1.165) is 57.9 Å². The molecular formula is C17H23N3O2. The van der Waals surface area contributed by atoms with Gasteiger partial charge in [-0.1, -0.05) is 6.07 Å². The van der Waals surface area contributed by atoms with Crippen LogP contribution in [0.15, 0.2) is 24.4 Å². The summed E-state index contributed by atoms with van der Waals surface area (Å²) in [6, 6.07) is 6.07. The van der Waals surface area contributed by atoms with E-state index < -0.39 is 0 Å². The number of rotatable bonds is 4. The Bertz CT molecular complexity index is 536. The molecule has 1 amide bonds. The zero-order valence-corrected chi connectivity index (χ0v) is 12.9. The highest BCUT2D eigenvalue weighted by Gasteiger charge is 2.44. The summed E-state index contributed by atoms with van der Waals surface area (Å²) in [4.78, 5) is 20.7. The molecule has 0 radical (unpaired) electrons. The van der Waals surface area contributed by atoms with Gasteiger partial charge in [0.1, 0.15) is 0 Å². The van der Waals surface area contributed by atoms with Crippen molar-refractivity contribution in [2.24, 2.45) is 11.8 Å². The van der Waals surface area contributed by atoms with E-state index in [9.17, 15) is 4.79 Å². The molecule has 0 bridgehead atoms. The number of carbonyl (C=O) groups excluding carboxylic acids is 1. The molecule has 3 aliphatic rings. The van der Waals surface area contributed by atoms with Crippen molar-refractivity contribution >= 4 is 5.91 Å². The van der Waals surface area contributed by atoms with Crippen molar-refractivity contribution in [3.63, 3.8) is 0 Å². The lowest BCUT2D eigenvalue weighted by Gasteiger charge is -2.24. The molecule has 0 aromatic carbocycles. The lowest BCUT2D eigenvalue weighted by molar-refractivity contribution is -0.128. The lowest BCUT2D eigenvalue weighted by Crippen LogP contribution is -2.35. The van der Waals surface area contributed by atoms with Gasteiger partial charge >= 0.3 is 0 Å². The largest absolute Gasteiger partial charge is 0.376 e. The second-order valence-electron chi connectivity index (χ2n) is 6.75. The maximum atomic E-state index is 11.8. The molecule has 3 aliphatic heterocycles. The predicted molar refractivity (Wildman–Crippen MR) is 82.0 cm³/mol. The molecule has 0 saturated carbocycles. The van der Waals surface area contributed by atoms with Gasteiger partial charge in [-0.25, -0.2) is 0 Å². The Morgan fingerprint density at radius 1 is 1.32 bits per heavy atom. The van der Waals surface area contributed by atoms with Crippen LogP contribution >= 0.6 is 0 Å². The first kappa shape index (κ1) is 14.2. The van der Waals surface area contributed by atoms with Crippen LogP contribution in [0.4, 0.5) is 0 Å². The van der Waals surface area contributed by atoms with Crippen LogP contribution in [0, 0.1) is 11.8 Å². The number of aromatic nitrogens is 1. The third-order valence-electron chi connectivity index (χ3n) is 5.25. The smallest absolute Gasteiger partial charge is 0.222 e. The highest BCUT2D eigenvalue weighted by atomic mass is 16.5. The Hall–Kier alpha value is -1.46. The molecule has 22 heavy (non-hydrogen) atoms. The molecule has 0 aliphatic carbocycles. The van der Waals surface area contributed by atoms with E-state index in [0.29, 0.717) is 23.8 Å². The third kappa shape index (κ3) is 2.75. The van der Waals surface area contributed by atoms with Gasteiger partial charge in [0, 0.05) is 57.2 Å². The summed E-state index contributed by atoms with van der Waals surface area (Å²) >= 11 is 0. The van der Waals surface area contributed by atoms with E-state index in [2.05, 4.69) is 16.0 Å². The van der Waals surface area contributed by atoms with Gasteiger partial charge in [0.25, 0.3) is 0 Å². The molecule has 1 aromatic heterocycles. The topological polar surface area (TPSA) is 45.7 Å². The van der Waals surface area contributed by atoms with Crippen molar-refractivity contribution in [3.05, 3.63) is 30.1 Å². The van der Waals surface area contributed by atoms with E-state index in [-0.39, 0.29) is 0 Å². The third-order valence-corrected chi connectivity index (χ3v) is 5.25. The van der Waals surface area contributed by atoms with E-state index in [1.807, 2.05) is 23.2 Å². The molecular weight excluding hydrogens is 278 g/mol. The van der Waals surface area contributed by atoms with Crippen LogP contribution in [0.2, 0.25) is 0 Å². The average Bonchev–Trinajstić information content (AvgIpc) is 3.19. The highest BCUT2D eigenvalue weighted by molar-refractivity contribution is 5.78. The van der Waals surface area contributed by atoms with Crippen molar-refractivity contribution in [1.29, 1.82) is 0 Å². The number of ether oxygens (including phenoxy) is 1. The van der Waals surface area contributed by atoms with E-state index in [4.69, 9.17) is 4.74 Å². The quantitative estimate of drug-likeness (QED) is 0.837. The maximum absolute atomic E-state index is 11.8. The molecule has 0 N–H and O–H groups in total. The first-order valence-electron chi connectivity index (χ1n) is 8.31. The fraction of sp³-hybridized carbons (Fsp3) is 0.647. The number of fused-ring (bicyclic) bond motifs is 1. The zero-order valence-electron chi connectivity index (χ0n) is 12.9. The van der Waals surface area contributed by atoms with Gasteiger partial charge in [-0.05, 0) is 18.6 Å². The van der Waals surface area contributed by atoms with E-state index in [1.165, 1.54) is 0 Å². The molecule has 4 heterocycles. The SMILES string of the molecule is O=C1CCCN1C[C@@H]1CO[C@H]2CN(Cc3ccccn3)C[C@@H]12. The monoisotopic (exact) mass is 301 g/mol. The second kappa shape index (κ2) is 5.97. The van der Waals surface area contributed by atoms with Gasteiger partial charge in [0.2, 0.25) is 5.91 Å². The summed E-state index contributed by atoms with van der Waals surface area (Å²) in [5, 5.41) is 0. The van der Waals surface area contributed by atoms with Crippen LogP contribution in [-0.4, -0.2) is 59.6 Å². The van der Waals surface area contributed by atoms with Gasteiger partial charge in [-0.15, -0.1) is 0 Å². The Morgan fingerprint density at radius 3 is 3.05 bits per heavy atom. The van der Waals surface area contributed by atoms with E-state index >= 15 is 0 Å². The van der Waals surface area contributed by atoms with Crippen LogP contribution in [-0.2, 0) is 16.1 Å². The van der Waals surface area contributed by atoms with Crippen LogP contribution in [0.1, 0.15) is 18.5 Å². The summed E-state index contributed by atoms with van der Waals surface area (Å²) in [5.74, 6) is 1.39. The normalized spacial score (nSPS) is 31.9. The number of hydrogen-bond acceptors (Lipinski definition) is 4. The zero-order chi connectivity index (χ0) is 14.9. The summed E-state index contributed by atoms with van der Waals surface area (Å²) in [6.07, 6.45) is 3.94. The number of hydrogen-bond donors (Lipinski definition) is 0. The van der Waals surface area contributed by atoms with Crippen molar-refractivity contribution in [2.45, 2.75) is 25.5 Å². The number of nitrogens with zero attached hydrogens (tertiary/aromatic N) is 3. The standard InChI is InChI=1S/C17H23N3O2/c21-17-5-3-7-20(17)8-13-12-22-16-11-19(10-15(13)16)9-14-4-1-2-6-18-14/h1-2,4,6,13,15-16H,3,5,7-12H2/t13-,15+,16+/m1/s1. The number of pyridine rings is 1. The molecule has 0 unspecified atom stereocenters. The van der Waals surface area contributed by atoms with Crippen LogP contribution in [0.5, 0.6) is 0 Å². The maximum Gasteiger partial charge on any atom is 0.222 e. The Kier molecular flexibility index (Phi) is 3.84. The molecule has 1 aromatic rings. The predicted octanol–water partition coefficient (Wildman–Crippen LogP) is 1.15. The van der Waals surface area contributed by atoms with Crippen molar-refractivity contribution in [2.75, 3.05) is 32.8 Å². The molecule has 0 spiro atoms. The average molecular weight is 301 g/mol. The van der Waals surface area contributed by atoms with Crippen LogP contribution < -0.4 is 0 Å². The van der Waals surface area contributed by atoms with Crippen LogP contribution in [0.25, 0.3) is 0 Å². The van der Waals surface area contributed by atoms with Gasteiger partial charge in [-0.3, -0.25) is 14.7 Å². The fourth-order valence-corrected chi connectivity index (χ4v) is 4.10. The summed E-state index contributed by atoms with van der Waals surface area (Å²) in [7, 11) is 0. The number of carbonyl (C=O) groups is 1. The minimum Gasteiger partial charge on any atom is -0.376 e. The Morgan fingerprint density at radius 2 is 2.27 bits per heavy atom. The molecule has 118 valence electrons. The minimum absolute atomic E-state index is 0.326. The molecule has 3 fully saturated rings. The minimum atomic E-state index is 0.326. The number of amides is 1. The van der Waals surface area contributed by atoms with Crippen molar-refractivity contribution < 1.29 is 9.53 Å². The van der Waals surface area contributed by atoms with Crippen molar-refractivity contribution in [3.8, 4) is 0 Å². The summed E-state index contributed by atoms with van der Waals surface area (Å²) < 4.78 is 6.00. The number of likely N-dealkylation sites (tertiary alicyclic amines) is 2. The van der Waals surface area contributed by atoms with Crippen LogP contribution in [0.3, 0.4) is 0 Å². The molecule has 4 rings (SSSR count). The summed E-state index contributed by atoms with van der Waals surface area (Å²) in [6.45, 7) is 5.59. The fourth-order valence-electron chi connectivity index (χ4n) is 4.10. The van der Waals surface area contributed by atoms with Crippen molar-refractivity contribution in [1.82, 2.24) is 14.8 Å². The van der Waals surface area contributed by atoms with E-state index in [1.54, 1.807) is 0 Å². The van der Waals surface area contributed by atoms with Gasteiger partial charge in [-0.2, -0.15) is 0 Å². The molecule has 3 atom stereocenters. The van der Waals surface area contributed by atoms with Gasteiger partial charge in [0.15, 0.2) is 0 Å². The molecule has 5 nitrogen and oxygen atoms in total. The lowest BCUT2D eigenvalue weighted by atomic mass is 9.93. The Balaban J connectivity index is 1.36. The molecule has 3 saturated heterocycles. The van der Waals surface area contributed by atoms with Gasteiger partial charge < -0.3 is 9.64 Å². The Labute approximate surface area is 131 Å². The molecule has 5 heteroatoms. The first-order chi connectivity index (χ1) is 10.8. The second-order valence-corrected chi connectivity index (χ2v) is 6.75. The highest BCUT2D eigenvalue weighted by Crippen LogP contribution is 2.35. The summed E-state index contributed by atoms with van der Waals surface area (Å²) in [5.41, 5.74) is 1.12.